The minimum absolute atomic E-state index is 0.165. The van der Waals surface area contributed by atoms with Gasteiger partial charge in [-0.1, -0.05) is 23.4 Å². The fourth-order valence-corrected chi connectivity index (χ4v) is 1.16. The quantitative estimate of drug-likeness (QED) is 0.805. The molecule has 76 valence electrons. The van der Waals surface area contributed by atoms with Crippen LogP contribution in [0.2, 0.25) is 0 Å². The van der Waals surface area contributed by atoms with E-state index in [1.165, 1.54) is 6.20 Å². The number of hydrogen-bond acceptors (Lipinski definition) is 4. The van der Waals surface area contributed by atoms with Gasteiger partial charge in [-0.3, -0.25) is 4.79 Å². The topological polar surface area (TPSA) is 68.0 Å². The summed E-state index contributed by atoms with van der Waals surface area (Å²) in [4.78, 5) is 11.6. The Balaban J connectivity index is 2.17. The molecular formula is C10H9N3O2. The molecule has 0 spiro atoms. The number of benzene rings is 1. The highest BCUT2D eigenvalue weighted by molar-refractivity contribution is 6.02. The van der Waals surface area contributed by atoms with Gasteiger partial charge in [0, 0.05) is 5.69 Å². The van der Waals surface area contributed by atoms with Gasteiger partial charge in [-0.05, 0) is 23.7 Å². The number of anilines is 1. The van der Waals surface area contributed by atoms with Crippen molar-refractivity contribution in [3.05, 3.63) is 41.7 Å². The number of carbonyl (C=O) groups is 1. The fraction of sp³-hybridized carbons (Fsp3) is 0.100. The minimum atomic E-state index is -0.328. The molecule has 1 aromatic heterocycles. The average Bonchev–Trinajstić information content (AvgIpc) is 2.74. The lowest BCUT2D eigenvalue weighted by Crippen LogP contribution is -2.12. The molecule has 0 bridgehead atoms. The number of nitrogens with zero attached hydrogens (tertiary/aromatic N) is 2. The molecule has 0 aliphatic heterocycles. The SMILES string of the molecule is Cc1ccccc1NC(=O)c1cnon1. The van der Waals surface area contributed by atoms with E-state index >= 15 is 0 Å². The van der Waals surface area contributed by atoms with Gasteiger partial charge in [0.2, 0.25) is 0 Å². The summed E-state index contributed by atoms with van der Waals surface area (Å²) in [6.07, 6.45) is 1.27. The summed E-state index contributed by atoms with van der Waals surface area (Å²) in [7, 11) is 0. The Bertz CT molecular complexity index is 465. The lowest BCUT2D eigenvalue weighted by Gasteiger charge is -2.05. The summed E-state index contributed by atoms with van der Waals surface area (Å²) in [5.74, 6) is -0.328. The molecule has 0 saturated heterocycles. The third-order valence-corrected chi connectivity index (χ3v) is 1.99. The zero-order valence-electron chi connectivity index (χ0n) is 8.10. The van der Waals surface area contributed by atoms with E-state index in [0.29, 0.717) is 0 Å². The Morgan fingerprint density at radius 3 is 2.87 bits per heavy atom. The van der Waals surface area contributed by atoms with E-state index in [2.05, 4.69) is 20.3 Å². The molecule has 0 radical (unpaired) electrons. The number of aromatic nitrogens is 2. The molecule has 1 amide bonds. The number of aryl methyl sites for hydroxylation is 1. The van der Waals surface area contributed by atoms with Crippen LogP contribution in [0, 0.1) is 6.92 Å². The second-order valence-electron chi connectivity index (χ2n) is 3.06. The second-order valence-corrected chi connectivity index (χ2v) is 3.06. The molecule has 2 rings (SSSR count). The van der Waals surface area contributed by atoms with Crippen LogP contribution in [-0.4, -0.2) is 16.2 Å². The first-order chi connectivity index (χ1) is 7.27. The zero-order valence-corrected chi connectivity index (χ0v) is 8.10. The maximum absolute atomic E-state index is 11.6. The monoisotopic (exact) mass is 203 g/mol. The average molecular weight is 203 g/mol. The van der Waals surface area contributed by atoms with Crippen molar-refractivity contribution in [2.75, 3.05) is 5.32 Å². The number of amides is 1. The Morgan fingerprint density at radius 2 is 2.20 bits per heavy atom. The third kappa shape index (κ3) is 2.01. The van der Waals surface area contributed by atoms with Crippen LogP contribution in [0.15, 0.2) is 35.1 Å². The zero-order chi connectivity index (χ0) is 10.7. The van der Waals surface area contributed by atoms with Crippen LogP contribution in [0.5, 0.6) is 0 Å². The summed E-state index contributed by atoms with van der Waals surface area (Å²) in [6, 6.07) is 7.49. The maximum Gasteiger partial charge on any atom is 0.279 e. The molecule has 5 nitrogen and oxygen atoms in total. The van der Waals surface area contributed by atoms with Crippen molar-refractivity contribution in [2.45, 2.75) is 6.92 Å². The van der Waals surface area contributed by atoms with Gasteiger partial charge in [-0.15, -0.1) is 0 Å². The van der Waals surface area contributed by atoms with Crippen LogP contribution in [-0.2, 0) is 0 Å². The predicted molar refractivity (Wildman–Crippen MR) is 53.4 cm³/mol. The van der Waals surface area contributed by atoms with Crippen molar-refractivity contribution in [3.8, 4) is 0 Å². The normalized spacial score (nSPS) is 9.93. The first kappa shape index (κ1) is 9.39. The highest BCUT2D eigenvalue weighted by Gasteiger charge is 2.10. The number of carbonyl (C=O) groups excluding carboxylic acids is 1. The van der Waals surface area contributed by atoms with Crippen molar-refractivity contribution >= 4 is 11.6 Å². The molecule has 5 heteroatoms. The largest absolute Gasteiger partial charge is 0.320 e. The van der Waals surface area contributed by atoms with Crippen LogP contribution in [0.25, 0.3) is 0 Å². The lowest BCUT2D eigenvalue weighted by atomic mass is 10.2. The van der Waals surface area contributed by atoms with E-state index in [4.69, 9.17) is 0 Å². The number of rotatable bonds is 2. The van der Waals surface area contributed by atoms with Gasteiger partial charge in [0.1, 0.15) is 6.20 Å². The van der Waals surface area contributed by atoms with Crippen LogP contribution in [0.3, 0.4) is 0 Å². The highest BCUT2D eigenvalue weighted by Crippen LogP contribution is 2.13. The summed E-state index contributed by atoms with van der Waals surface area (Å²) >= 11 is 0. The van der Waals surface area contributed by atoms with Gasteiger partial charge >= 0.3 is 0 Å². The Labute approximate surface area is 86.1 Å². The molecule has 0 unspecified atom stereocenters. The molecule has 1 heterocycles. The Hall–Kier alpha value is -2.17. The molecule has 0 fully saturated rings. The van der Waals surface area contributed by atoms with E-state index in [-0.39, 0.29) is 11.6 Å². The molecule has 0 saturated carbocycles. The second kappa shape index (κ2) is 3.91. The van der Waals surface area contributed by atoms with Gasteiger partial charge in [0.15, 0.2) is 5.69 Å². The third-order valence-electron chi connectivity index (χ3n) is 1.99. The van der Waals surface area contributed by atoms with E-state index in [1.807, 2.05) is 31.2 Å². The van der Waals surface area contributed by atoms with Gasteiger partial charge in [-0.25, -0.2) is 4.63 Å². The molecule has 0 aliphatic rings. The molecule has 15 heavy (non-hydrogen) atoms. The van der Waals surface area contributed by atoms with E-state index < -0.39 is 0 Å². The Morgan fingerprint density at radius 1 is 1.40 bits per heavy atom. The van der Waals surface area contributed by atoms with Gasteiger partial charge in [0.25, 0.3) is 5.91 Å². The van der Waals surface area contributed by atoms with Crippen LogP contribution < -0.4 is 5.32 Å². The van der Waals surface area contributed by atoms with Crippen molar-refractivity contribution in [1.82, 2.24) is 10.3 Å². The van der Waals surface area contributed by atoms with E-state index in [9.17, 15) is 4.79 Å². The molecule has 1 aromatic carbocycles. The van der Waals surface area contributed by atoms with Crippen molar-refractivity contribution < 1.29 is 9.42 Å². The first-order valence-corrected chi connectivity index (χ1v) is 4.42. The number of para-hydroxylation sites is 1. The van der Waals surface area contributed by atoms with E-state index in [1.54, 1.807) is 0 Å². The maximum atomic E-state index is 11.6. The van der Waals surface area contributed by atoms with Crippen molar-refractivity contribution in [2.24, 2.45) is 0 Å². The van der Waals surface area contributed by atoms with Crippen LogP contribution >= 0.6 is 0 Å². The standard InChI is InChI=1S/C10H9N3O2/c1-7-4-2-3-5-8(7)12-10(14)9-6-11-15-13-9/h2-6H,1H3,(H,12,14). The van der Waals surface area contributed by atoms with Crippen LogP contribution in [0.4, 0.5) is 5.69 Å². The highest BCUT2D eigenvalue weighted by atomic mass is 16.6. The fourth-order valence-electron chi connectivity index (χ4n) is 1.16. The van der Waals surface area contributed by atoms with Gasteiger partial charge < -0.3 is 5.32 Å². The number of hydrogen-bond donors (Lipinski definition) is 1. The summed E-state index contributed by atoms with van der Waals surface area (Å²) in [5.41, 5.74) is 1.91. The van der Waals surface area contributed by atoms with Crippen molar-refractivity contribution in [1.29, 1.82) is 0 Å². The lowest BCUT2D eigenvalue weighted by molar-refractivity contribution is 0.101. The van der Waals surface area contributed by atoms with Crippen LogP contribution in [0.1, 0.15) is 16.1 Å². The molecule has 1 N–H and O–H groups in total. The van der Waals surface area contributed by atoms with E-state index in [0.717, 1.165) is 11.3 Å². The predicted octanol–water partition coefficient (Wildman–Crippen LogP) is 1.63. The Kier molecular flexibility index (Phi) is 2.45. The molecular weight excluding hydrogens is 194 g/mol. The molecule has 2 aromatic rings. The molecule has 0 atom stereocenters. The smallest absolute Gasteiger partial charge is 0.279 e. The van der Waals surface area contributed by atoms with Gasteiger partial charge in [-0.2, -0.15) is 0 Å². The first-order valence-electron chi connectivity index (χ1n) is 4.42. The summed E-state index contributed by atoms with van der Waals surface area (Å²) < 4.78 is 4.34. The van der Waals surface area contributed by atoms with Gasteiger partial charge in [0.05, 0.1) is 0 Å². The number of nitrogens with one attached hydrogen (secondary N) is 1. The summed E-state index contributed by atoms with van der Waals surface area (Å²) in [5, 5.41) is 9.52. The van der Waals surface area contributed by atoms with Crippen molar-refractivity contribution in [3.63, 3.8) is 0 Å². The summed E-state index contributed by atoms with van der Waals surface area (Å²) in [6.45, 7) is 1.91. The minimum Gasteiger partial charge on any atom is -0.320 e. The molecule has 0 aliphatic carbocycles.